The number of carboxylic acid groups (broad SMARTS) is 2. The molecule has 0 saturated heterocycles. The van der Waals surface area contributed by atoms with Crippen LogP contribution in [0.5, 0.6) is 0 Å². The van der Waals surface area contributed by atoms with E-state index in [0.717, 1.165) is 19.3 Å². The molecule has 0 aliphatic rings. The Morgan fingerprint density at radius 2 is 1.13 bits per heavy atom. The number of hydrogen-bond donors (Lipinski definition) is 2. The van der Waals surface area contributed by atoms with Gasteiger partial charge < -0.3 is 19.7 Å². The zero-order valence-corrected chi connectivity index (χ0v) is 18.7. The first kappa shape index (κ1) is 28.4. The predicted octanol–water partition coefficient (Wildman–Crippen LogP) is 5.69. The van der Waals surface area contributed by atoms with E-state index in [-0.39, 0.29) is 6.42 Å². The monoisotopic (exact) mass is 430 g/mol. The molecule has 0 aromatic heterocycles. The Hall–Kier alpha value is -1.63. The standard InChI is InChI=1S/C23H42O7/c1-2-3-4-5-6-7-8-9-10-11-12-13-14-15-16-17-22(26)30-19-29-20(23(27)28)18-21(24)25/h20H,2-19H2,1H3,(H,24,25)(H,27,28). The van der Waals surface area contributed by atoms with Crippen LogP contribution in [0.2, 0.25) is 0 Å². The zero-order valence-electron chi connectivity index (χ0n) is 18.7. The van der Waals surface area contributed by atoms with Crippen molar-refractivity contribution in [2.45, 2.75) is 122 Å². The molecular weight excluding hydrogens is 388 g/mol. The van der Waals surface area contributed by atoms with E-state index in [1.807, 2.05) is 0 Å². The lowest BCUT2D eigenvalue weighted by molar-refractivity contribution is -0.175. The summed E-state index contributed by atoms with van der Waals surface area (Å²) in [6, 6.07) is 0. The van der Waals surface area contributed by atoms with Gasteiger partial charge in [-0.15, -0.1) is 0 Å². The maximum atomic E-state index is 11.6. The Bertz CT molecular complexity index is 451. The molecule has 0 aromatic carbocycles. The number of carbonyl (C=O) groups is 3. The normalized spacial score (nSPS) is 11.9. The van der Waals surface area contributed by atoms with Crippen molar-refractivity contribution in [3.8, 4) is 0 Å². The summed E-state index contributed by atoms with van der Waals surface area (Å²) in [4.78, 5) is 32.9. The molecule has 0 aliphatic carbocycles. The minimum atomic E-state index is -1.51. The van der Waals surface area contributed by atoms with Gasteiger partial charge in [0.25, 0.3) is 0 Å². The molecule has 1 unspecified atom stereocenters. The van der Waals surface area contributed by atoms with Crippen molar-refractivity contribution in [2.24, 2.45) is 0 Å². The molecule has 0 saturated carbocycles. The molecular formula is C23H42O7. The van der Waals surface area contributed by atoms with Crippen LogP contribution in [0.15, 0.2) is 0 Å². The van der Waals surface area contributed by atoms with E-state index in [1.165, 1.54) is 77.0 Å². The Labute approximate surface area is 181 Å². The smallest absolute Gasteiger partial charge is 0.333 e. The molecule has 0 amide bonds. The Morgan fingerprint density at radius 1 is 0.700 bits per heavy atom. The number of carboxylic acids is 2. The largest absolute Gasteiger partial charge is 0.481 e. The van der Waals surface area contributed by atoms with E-state index in [0.29, 0.717) is 0 Å². The van der Waals surface area contributed by atoms with Crippen molar-refractivity contribution in [1.29, 1.82) is 0 Å². The highest BCUT2D eigenvalue weighted by atomic mass is 16.7. The highest BCUT2D eigenvalue weighted by Crippen LogP contribution is 2.13. The van der Waals surface area contributed by atoms with E-state index in [9.17, 15) is 14.4 Å². The number of aliphatic carboxylic acids is 2. The van der Waals surface area contributed by atoms with E-state index >= 15 is 0 Å². The molecule has 0 spiro atoms. The third-order valence-electron chi connectivity index (χ3n) is 5.11. The fraction of sp³-hybridized carbons (Fsp3) is 0.870. The van der Waals surface area contributed by atoms with Crippen molar-refractivity contribution in [2.75, 3.05) is 6.79 Å². The van der Waals surface area contributed by atoms with Gasteiger partial charge in [0.1, 0.15) is 0 Å². The van der Waals surface area contributed by atoms with Gasteiger partial charge in [0.05, 0.1) is 6.42 Å². The van der Waals surface area contributed by atoms with Gasteiger partial charge in [-0.2, -0.15) is 0 Å². The van der Waals surface area contributed by atoms with Crippen LogP contribution in [0.3, 0.4) is 0 Å². The Morgan fingerprint density at radius 3 is 1.53 bits per heavy atom. The average Bonchev–Trinajstić information content (AvgIpc) is 2.69. The molecule has 1 atom stereocenters. The molecule has 0 heterocycles. The summed E-state index contributed by atoms with van der Waals surface area (Å²) in [7, 11) is 0. The molecule has 7 nitrogen and oxygen atoms in total. The lowest BCUT2D eigenvalue weighted by atomic mass is 10.0. The van der Waals surface area contributed by atoms with E-state index < -0.39 is 37.2 Å². The third-order valence-corrected chi connectivity index (χ3v) is 5.11. The summed E-state index contributed by atoms with van der Waals surface area (Å²) in [5.41, 5.74) is 0. The summed E-state index contributed by atoms with van der Waals surface area (Å²) in [5.74, 6) is -3.13. The van der Waals surface area contributed by atoms with Crippen LogP contribution in [-0.4, -0.2) is 41.0 Å². The predicted molar refractivity (Wildman–Crippen MR) is 115 cm³/mol. The van der Waals surface area contributed by atoms with Crippen molar-refractivity contribution in [1.82, 2.24) is 0 Å². The van der Waals surface area contributed by atoms with E-state index in [4.69, 9.17) is 19.7 Å². The fourth-order valence-corrected chi connectivity index (χ4v) is 3.27. The second-order valence-electron chi connectivity index (χ2n) is 7.93. The summed E-state index contributed by atoms with van der Waals surface area (Å²) >= 11 is 0. The molecule has 0 fully saturated rings. The lowest BCUT2D eigenvalue weighted by Gasteiger charge is -2.11. The Balaban J connectivity index is 3.39. The molecule has 7 heteroatoms. The fourth-order valence-electron chi connectivity index (χ4n) is 3.27. The molecule has 2 N–H and O–H groups in total. The number of esters is 1. The van der Waals surface area contributed by atoms with Crippen LogP contribution < -0.4 is 0 Å². The van der Waals surface area contributed by atoms with E-state index in [1.54, 1.807) is 0 Å². The maximum absolute atomic E-state index is 11.6. The molecule has 0 rings (SSSR count). The van der Waals surface area contributed by atoms with Gasteiger partial charge in [0.15, 0.2) is 12.9 Å². The van der Waals surface area contributed by atoms with Crippen molar-refractivity contribution < 1.29 is 34.1 Å². The van der Waals surface area contributed by atoms with Crippen LogP contribution in [-0.2, 0) is 23.9 Å². The SMILES string of the molecule is CCCCCCCCCCCCCCCCCC(=O)OCOC(CC(=O)O)C(=O)O. The summed E-state index contributed by atoms with van der Waals surface area (Å²) in [6.07, 6.45) is 16.8. The highest BCUT2D eigenvalue weighted by Gasteiger charge is 2.22. The second-order valence-corrected chi connectivity index (χ2v) is 7.93. The molecule has 0 radical (unpaired) electrons. The van der Waals surface area contributed by atoms with Crippen LogP contribution in [0.25, 0.3) is 0 Å². The van der Waals surface area contributed by atoms with Gasteiger partial charge in [0.2, 0.25) is 0 Å². The first-order valence-corrected chi connectivity index (χ1v) is 11.7. The summed E-state index contributed by atoms with van der Waals surface area (Å²) in [5, 5.41) is 17.4. The number of unbranched alkanes of at least 4 members (excludes halogenated alkanes) is 14. The number of hydrogen-bond acceptors (Lipinski definition) is 5. The first-order valence-electron chi connectivity index (χ1n) is 11.7. The van der Waals surface area contributed by atoms with Gasteiger partial charge in [-0.25, -0.2) is 4.79 Å². The lowest BCUT2D eigenvalue weighted by Crippen LogP contribution is -2.28. The average molecular weight is 431 g/mol. The van der Waals surface area contributed by atoms with Crippen LogP contribution >= 0.6 is 0 Å². The van der Waals surface area contributed by atoms with Crippen LogP contribution in [0, 0.1) is 0 Å². The zero-order chi connectivity index (χ0) is 22.5. The molecule has 30 heavy (non-hydrogen) atoms. The van der Waals surface area contributed by atoms with Gasteiger partial charge >= 0.3 is 17.9 Å². The van der Waals surface area contributed by atoms with Gasteiger partial charge in [0, 0.05) is 6.42 Å². The topological polar surface area (TPSA) is 110 Å². The van der Waals surface area contributed by atoms with E-state index in [2.05, 4.69) is 6.92 Å². The molecule has 0 aromatic rings. The maximum Gasteiger partial charge on any atom is 0.333 e. The van der Waals surface area contributed by atoms with Gasteiger partial charge in [-0.1, -0.05) is 96.8 Å². The quantitative estimate of drug-likeness (QED) is 0.129. The van der Waals surface area contributed by atoms with Crippen molar-refractivity contribution in [3.05, 3.63) is 0 Å². The Kier molecular flexibility index (Phi) is 19.5. The minimum Gasteiger partial charge on any atom is -0.481 e. The summed E-state index contributed by atoms with van der Waals surface area (Å²) < 4.78 is 9.60. The van der Waals surface area contributed by atoms with Crippen LogP contribution in [0.4, 0.5) is 0 Å². The second kappa shape index (κ2) is 20.6. The van der Waals surface area contributed by atoms with Gasteiger partial charge in [-0.05, 0) is 6.42 Å². The number of carbonyl (C=O) groups excluding carboxylic acids is 1. The highest BCUT2D eigenvalue weighted by molar-refractivity contribution is 5.79. The number of rotatable bonds is 22. The minimum absolute atomic E-state index is 0.262. The van der Waals surface area contributed by atoms with Crippen molar-refractivity contribution in [3.63, 3.8) is 0 Å². The van der Waals surface area contributed by atoms with Gasteiger partial charge in [-0.3, -0.25) is 9.59 Å². The molecule has 176 valence electrons. The summed E-state index contributed by atoms with van der Waals surface area (Å²) in [6.45, 7) is 1.71. The number of ether oxygens (including phenoxy) is 2. The van der Waals surface area contributed by atoms with Crippen LogP contribution in [0.1, 0.15) is 116 Å². The molecule has 0 bridgehead atoms. The third kappa shape index (κ3) is 19.7. The van der Waals surface area contributed by atoms with Crippen molar-refractivity contribution >= 4 is 17.9 Å². The first-order chi connectivity index (χ1) is 14.5. The molecule has 0 aliphatic heterocycles.